The van der Waals surface area contributed by atoms with E-state index in [1.807, 2.05) is 6.92 Å². The van der Waals surface area contributed by atoms with E-state index in [2.05, 4.69) is 5.32 Å². The number of halogens is 3. The van der Waals surface area contributed by atoms with Crippen LogP contribution >= 0.6 is 33.9 Å². The predicted molar refractivity (Wildman–Crippen MR) is 78.3 cm³/mol. The highest BCUT2D eigenvalue weighted by Crippen LogP contribution is 2.31. The van der Waals surface area contributed by atoms with E-state index in [1.54, 1.807) is 0 Å². The van der Waals surface area contributed by atoms with E-state index in [-0.39, 0.29) is 22.2 Å². The van der Waals surface area contributed by atoms with Crippen molar-refractivity contribution in [1.29, 1.82) is 0 Å². The molecule has 0 heterocycles. The molecule has 1 rings (SSSR count). The van der Waals surface area contributed by atoms with E-state index in [0.717, 1.165) is 6.07 Å². The molecule has 0 bridgehead atoms. The summed E-state index contributed by atoms with van der Waals surface area (Å²) in [6, 6.07) is 2.36. The number of hydrogen-bond donors (Lipinski definition) is 1. The summed E-state index contributed by atoms with van der Waals surface area (Å²) >= 11 is 11.7. The molecular weight excluding hydrogens is 349 g/mol. The van der Waals surface area contributed by atoms with Crippen LogP contribution in [0.1, 0.15) is 17.3 Å². The van der Waals surface area contributed by atoms with Crippen molar-refractivity contribution in [2.75, 3.05) is 19.8 Å². The summed E-state index contributed by atoms with van der Waals surface area (Å²) in [6.07, 6.45) is 0. The molecule has 0 aliphatic heterocycles. The molecule has 0 atom stereocenters. The van der Waals surface area contributed by atoms with Gasteiger partial charge in [-0.25, -0.2) is 8.42 Å². The molecule has 20 heavy (non-hydrogen) atoms. The summed E-state index contributed by atoms with van der Waals surface area (Å²) in [4.78, 5) is 11.5. The highest BCUT2D eigenvalue weighted by molar-refractivity contribution is 8.13. The van der Waals surface area contributed by atoms with Gasteiger partial charge in [0.2, 0.25) is 0 Å². The standard InChI is InChI=1S/C11H12Cl3NO4S/c1-2-19-4-3-15-11(16)8-5-7(12)6-9(10(8)13)20(14,17)18/h5-6H,2-4H2,1H3,(H,15,16). The Bertz CT molecular complexity index is 604. The molecule has 0 aliphatic rings. The average Bonchev–Trinajstić information content (AvgIpc) is 2.35. The van der Waals surface area contributed by atoms with Crippen molar-refractivity contribution in [3.63, 3.8) is 0 Å². The summed E-state index contributed by atoms with van der Waals surface area (Å²) in [5, 5.41) is 2.32. The lowest BCUT2D eigenvalue weighted by Gasteiger charge is -2.09. The van der Waals surface area contributed by atoms with Crippen molar-refractivity contribution in [3.05, 3.63) is 27.7 Å². The van der Waals surface area contributed by atoms with Gasteiger partial charge in [0.1, 0.15) is 4.90 Å². The van der Waals surface area contributed by atoms with Crippen molar-refractivity contribution in [1.82, 2.24) is 5.32 Å². The van der Waals surface area contributed by atoms with Crippen LogP contribution in [0, 0.1) is 0 Å². The zero-order valence-corrected chi connectivity index (χ0v) is 13.5. The molecule has 1 amide bonds. The van der Waals surface area contributed by atoms with Crippen LogP contribution in [0.2, 0.25) is 10.0 Å². The number of carbonyl (C=O) groups is 1. The van der Waals surface area contributed by atoms with E-state index in [4.69, 9.17) is 38.6 Å². The second kappa shape index (κ2) is 7.47. The van der Waals surface area contributed by atoms with E-state index in [1.165, 1.54) is 6.07 Å². The lowest BCUT2D eigenvalue weighted by Crippen LogP contribution is -2.27. The van der Waals surface area contributed by atoms with Gasteiger partial charge in [0.25, 0.3) is 15.0 Å². The third-order valence-corrected chi connectivity index (χ3v) is 4.33. The predicted octanol–water partition coefficient (Wildman–Crippen LogP) is 2.69. The van der Waals surface area contributed by atoms with Gasteiger partial charge in [0, 0.05) is 28.9 Å². The minimum absolute atomic E-state index is 0.0450. The van der Waals surface area contributed by atoms with Crippen LogP contribution in [0.15, 0.2) is 17.0 Å². The molecule has 1 N–H and O–H groups in total. The Morgan fingerprint density at radius 3 is 2.55 bits per heavy atom. The van der Waals surface area contributed by atoms with Gasteiger partial charge in [0.05, 0.1) is 17.2 Å². The molecule has 0 fully saturated rings. The number of hydrogen-bond acceptors (Lipinski definition) is 4. The van der Waals surface area contributed by atoms with E-state index >= 15 is 0 Å². The molecule has 0 aliphatic carbocycles. The van der Waals surface area contributed by atoms with E-state index in [9.17, 15) is 13.2 Å². The molecule has 0 radical (unpaired) electrons. The molecule has 5 nitrogen and oxygen atoms in total. The first-order valence-corrected chi connectivity index (χ1v) is 8.63. The van der Waals surface area contributed by atoms with Crippen molar-refractivity contribution in [2.45, 2.75) is 11.8 Å². The van der Waals surface area contributed by atoms with Gasteiger partial charge >= 0.3 is 0 Å². The van der Waals surface area contributed by atoms with Crippen LogP contribution in [0.3, 0.4) is 0 Å². The minimum Gasteiger partial charge on any atom is -0.380 e. The lowest BCUT2D eigenvalue weighted by molar-refractivity contribution is 0.0922. The smallest absolute Gasteiger partial charge is 0.262 e. The molecule has 0 spiro atoms. The number of nitrogens with one attached hydrogen (secondary N) is 1. The van der Waals surface area contributed by atoms with Crippen molar-refractivity contribution in [2.24, 2.45) is 0 Å². The normalized spacial score (nSPS) is 11.4. The van der Waals surface area contributed by atoms with Gasteiger partial charge < -0.3 is 10.1 Å². The molecule has 0 saturated carbocycles. The zero-order valence-electron chi connectivity index (χ0n) is 10.5. The SMILES string of the molecule is CCOCCNC(=O)c1cc(Cl)cc(S(=O)(=O)Cl)c1Cl. The first-order valence-electron chi connectivity index (χ1n) is 5.57. The first kappa shape index (κ1) is 17.5. The zero-order chi connectivity index (χ0) is 15.3. The number of rotatable bonds is 6. The number of carbonyl (C=O) groups excluding carboxylic acids is 1. The van der Waals surface area contributed by atoms with Crippen molar-refractivity contribution in [3.8, 4) is 0 Å². The Labute approximate surface area is 131 Å². The van der Waals surface area contributed by atoms with Crippen molar-refractivity contribution >= 4 is 48.8 Å². The minimum atomic E-state index is -4.09. The number of benzene rings is 1. The Hall–Kier alpha value is -0.530. The Morgan fingerprint density at radius 1 is 1.35 bits per heavy atom. The van der Waals surface area contributed by atoms with Gasteiger partial charge in [-0.15, -0.1) is 0 Å². The van der Waals surface area contributed by atoms with Crippen LogP contribution in [0.25, 0.3) is 0 Å². The molecule has 0 saturated heterocycles. The van der Waals surface area contributed by atoms with E-state index in [0.29, 0.717) is 13.2 Å². The summed E-state index contributed by atoms with van der Waals surface area (Å²) < 4.78 is 27.8. The Morgan fingerprint density at radius 2 is 2.00 bits per heavy atom. The topological polar surface area (TPSA) is 72.5 Å². The van der Waals surface area contributed by atoms with Crippen molar-refractivity contribution < 1.29 is 17.9 Å². The molecule has 0 unspecified atom stereocenters. The second-order valence-corrected chi connectivity index (χ2v) is 7.00. The fourth-order valence-electron chi connectivity index (χ4n) is 1.38. The fraction of sp³-hybridized carbons (Fsp3) is 0.364. The highest BCUT2D eigenvalue weighted by atomic mass is 35.7. The van der Waals surface area contributed by atoms with Crippen LogP contribution in [-0.4, -0.2) is 34.1 Å². The highest BCUT2D eigenvalue weighted by Gasteiger charge is 2.22. The quantitative estimate of drug-likeness (QED) is 0.625. The molecule has 9 heteroatoms. The molecule has 1 aromatic carbocycles. The Kier molecular flexibility index (Phi) is 6.54. The van der Waals surface area contributed by atoms with E-state index < -0.39 is 19.9 Å². The summed E-state index contributed by atoms with van der Waals surface area (Å²) in [7, 11) is 1.15. The first-order chi connectivity index (χ1) is 9.27. The van der Waals surface area contributed by atoms with Crippen LogP contribution in [0.4, 0.5) is 0 Å². The number of ether oxygens (including phenoxy) is 1. The third-order valence-electron chi connectivity index (χ3n) is 2.25. The molecule has 112 valence electrons. The maximum absolute atomic E-state index is 11.9. The largest absolute Gasteiger partial charge is 0.380 e. The van der Waals surface area contributed by atoms with Crippen LogP contribution in [-0.2, 0) is 13.8 Å². The molecule has 1 aromatic rings. The van der Waals surface area contributed by atoms with Crippen LogP contribution < -0.4 is 5.32 Å². The van der Waals surface area contributed by atoms with Gasteiger partial charge in [-0.05, 0) is 19.1 Å². The fourth-order valence-corrected chi connectivity index (χ4v) is 3.24. The Balaban J connectivity index is 3.01. The van der Waals surface area contributed by atoms with Crippen LogP contribution in [0.5, 0.6) is 0 Å². The van der Waals surface area contributed by atoms with Gasteiger partial charge in [0.15, 0.2) is 0 Å². The van der Waals surface area contributed by atoms with Gasteiger partial charge in [-0.3, -0.25) is 4.79 Å². The maximum atomic E-state index is 11.9. The average molecular weight is 361 g/mol. The molecular formula is C11H12Cl3NO4S. The summed E-state index contributed by atoms with van der Waals surface area (Å²) in [6.45, 7) is 2.95. The second-order valence-electron chi connectivity index (χ2n) is 3.66. The maximum Gasteiger partial charge on any atom is 0.262 e. The summed E-state index contributed by atoms with van der Waals surface area (Å²) in [5.41, 5.74) is -0.0603. The lowest BCUT2D eigenvalue weighted by atomic mass is 10.2. The molecule has 0 aromatic heterocycles. The van der Waals surface area contributed by atoms with Gasteiger partial charge in [-0.2, -0.15) is 0 Å². The van der Waals surface area contributed by atoms with Gasteiger partial charge in [-0.1, -0.05) is 23.2 Å². The monoisotopic (exact) mass is 359 g/mol. The third kappa shape index (κ3) is 4.79. The summed E-state index contributed by atoms with van der Waals surface area (Å²) in [5.74, 6) is -0.557. The number of amides is 1.